The Bertz CT molecular complexity index is 675. The van der Waals surface area contributed by atoms with Crippen molar-refractivity contribution in [1.82, 2.24) is 0 Å². The predicted molar refractivity (Wildman–Crippen MR) is 81.6 cm³/mol. The summed E-state index contributed by atoms with van der Waals surface area (Å²) >= 11 is 0. The zero-order valence-corrected chi connectivity index (χ0v) is 12.3. The summed E-state index contributed by atoms with van der Waals surface area (Å²) in [6.07, 6.45) is 0. The Labute approximate surface area is 123 Å². The average molecular weight is 283 g/mol. The molecule has 0 radical (unpaired) electrons. The zero-order chi connectivity index (χ0) is 15.4. The summed E-state index contributed by atoms with van der Waals surface area (Å²) in [7, 11) is 0. The lowest BCUT2D eigenvalue weighted by molar-refractivity contribution is -0.114. The normalized spacial score (nSPS) is 10.0. The fourth-order valence-electron chi connectivity index (χ4n) is 1.97. The quantitative estimate of drug-likeness (QED) is 0.693. The van der Waals surface area contributed by atoms with E-state index in [0.29, 0.717) is 17.0 Å². The number of hydrogen-bond acceptors (Lipinski definition) is 3. The van der Waals surface area contributed by atoms with Crippen LogP contribution in [0.2, 0.25) is 0 Å². The van der Waals surface area contributed by atoms with Crippen LogP contribution in [0, 0.1) is 13.8 Å². The number of benzene rings is 2. The molecule has 0 aliphatic rings. The minimum absolute atomic E-state index is 0.152. The van der Waals surface area contributed by atoms with Gasteiger partial charge in [0.1, 0.15) is 5.75 Å². The van der Waals surface area contributed by atoms with Crippen molar-refractivity contribution in [3.05, 3.63) is 59.2 Å². The van der Waals surface area contributed by atoms with E-state index >= 15 is 0 Å². The number of ether oxygens (including phenoxy) is 1. The van der Waals surface area contributed by atoms with Crippen LogP contribution in [0.3, 0.4) is 0 Å². The number of nitrogens with one attached hydrogen (secondary N) is 1. The fourth-order valence-corrected chi connectivity index (χ4v) is 1.97. The molecule has 0 unspecified atom stereocenters. The Morgan fingerprint density at radius 2 is 1.67 bits per heavy atom. The van der Waals surface area contributed by atoms with Crippen molar-refractivity contribution in [2.24, 2.45) is 0 Å². The Morgan fingerprint density at radius 1 is 1.00 bits per heavy atom. The number of aryl methyl sites for hydroxylation is 2. The van der Waals surface area contributed by atoms with Crippen molar-refractivity contribution in [2.75, 3.05) is 5.32 Å². The molecule has 21 heavy (non-hydrogen) atoms. The summed E-state index contributed by atoms with van der Waals surface area (Å²) in [6.45, 7) is 5.32. The number of hydrogen-bond donors (Lipinski definition) is 1. The highest BCUT2D eigenvalue weighted by Gasteiger charge is 2.10. The highest BCUT2D eigenvalue weighted by atomic mass is 16.5. The van der Waals surface area contributed by atoms with E-state index in [1.54, 1.807) is 30.3 Å². The molecular formula is C17H17NO3. The van der Waals surface area contributed by atoms with Crippen molar-refractivity contribution >= 4 is 17.6 Å². The first kappa shape index (κ1) is 14.8. The molecule has 4 heteroatoms. The van der Waals surface area contributed by atoms with Crippen molar-refractivity contribution in [1.29, 1.82) is 0 Å². The number of carbonyl (C=O) groups is 2. The Balaban J connectivity index is 2.11. The van der Waals surface area contributed by atoms with Gasteiger partial charge >= 0.3 is 5.97 Å². The SMILES string of the molecule is CC(=O)Nc1ccc(C(=O)Oc2ccc(C)cc2C)cc1. The molecule has 0 aliphatic carbocycles. The van der Waals surface area contributed by atoms with E-state index in [9.17, 15) is 9.59 Å². The molecule has 2 rings (SSSR count). The van der Waals surface area contributed by atoms with E-state index in [0.717, 1.165) is 11.1 Å². The van der Waals surface area contributed by atoms with Crippen LogP contribution in [0.4, 0.5) is 5.69 Å². The smallest absolute Gasteiger partial charge is 0.343 e. The molecule has 1 amide bonds. The van der Waals surface area contributed by atoms with Crippen LogP contribution in [0.25, 0.3) is 0 Å². The van der Waals surface area contributed by atoms with E-state index in [1.807, 2.05) is 26.0 Å². The molecule has 0 saturated heterocycles. The maximum absolute atomic E-state index is 12.1. The molecule has 1 N–H and O–H groups in total. The summed E-state index contributed by atoms with van der Waals surface area (Å²) in [4.78, 5) is 23.0. The molecule has 0 spiro atoms. The van der Waals surface area contributed by atoms with Gasteiger partial charge < -0.3 is 10.1 Å². The minimum atomic E-state index is -0.420. The first-order chi connectivity index (χ1) is 9.95. The van der Waals surface area contributed by atoms with Crippen LogP contribution < -0.4 is 10.1 Å². The second-order valence-electron chi connectivity index (χ2n) is 4.92. The monoisotopic (exact) mass is 283 g/mol. The van der Waals surface area contributed by atoms with Crippen LogP contribution in [-0.4, -0.2) is 11.9 Å². The maximum atomic E-state index is 12.1. The van der Waals surface area contributed by atoms with E-state index < -0.39 is 5.97 Å². The number of carbonyl (C=O) groups excluding carboxylic acids is 2. The third-order valence-electron chi connectivity index (χ3n) is 2.97. The summed E-state index contributed by atoms with van der Waals surface area (Å²) in [5, 5.41) is 2.64. The predicted octanol–water partition coefficient (Wildman–Crippen LogP) is 3.48. The van der Waals surface area contributed by atoms with Crippen molar-refractivity contribution in [3.63, 3.8) is 0 Å². The van der Waals surface area contributed by atoms with Gasteiger partial charge in [0.15, 0.2) is 0 Å². The molecule has 108 valence electrons. The first-order valence-corrected chi connectivity index (χ1v) is 6.63. The number of anilines is 1. The van der Waals surface area contributed by atoms with Gasteiger partial charge in [-0.05, 0) is 49.7 Å². The van der Waals surface area contributed by atoms with E-state index in [1.165, 1.54) is 6.92 Å². The topological polar surface area (TPSA) is 55.4 Å². The van der Waals surface area contributed by atoms with Crippen molar-refractivity contribution in [3.8, 4) is 5.75 Å². The molecule has 2 aromatic carbocycles. The largest absolute Gasteiger partial charge is 0.423 e. The second-order valence-corrected chi connectivity index (χ2v) is 4.92. The van der Waals surface area contributed by atoms with Gasteiger partial charge in [0.2, 0.25) is 5.91 Å². The molecule has 0 saturated carbocycles. The van der Waals surface area contributed by atoms with Gasteiger partial charge in [-0.1, -0.05) is 17.7 Å². The lowest BCUT2D eigenvalue weighted by Crippen LogP contribution is -2.10. The molecule has 0 fully saturated rings. The van der Waals surface area contributed by atoms with E-state index in [4.69, 9.17) is 4.74 Å². The van der Waals surface area contributed by atoms with Crippen LogP contribution in [0.1, 0.15) is 28.4 Å². The average Bonchev–Trinajstić information content (AvgIpc) is 2.42. The molecule has 2 aromatic rings. The summed E-state index contributed by atoms with van der Waals surface area (Å²) < 4.78 is 5.38. The Hall–Kier alpha value is -2.62. The lowest BCUT2D eigenvalue weighted by atomic mass is 10.1. The standard InChI is InChI=1S/C17H17NO3/c1-11-4-9-16(12(2)10-11)21-17(20)14-5-7-15(8-6-14)18-13(3)19/h4-10H,1-3H3,(H,18,19). The summed E-state index contributed by atoms with van der Waals surface area (Å²) in [5.74, 6) is -0.0199. The zero-order valence-electron chi connectivity index (χ0n) is 12.3. The number of rotatable bonds is 3. The van der Waals surface area contributed by atoms with Gasteiger partial charge in [-0.15, -0.1) is 0 Å². The second kappa shape index (κ2) is 6.22. The van der Waals surface area contributed by atoms with Gasteiger partial charge in [0, 0.05) is 12.6 Å². The number of esters is 1. The van der Waals surface area contributed by atoms with Crippen LogP contribution in [-0.2, 0) is 4.79 Å². The summed E-state index contributed by atoms with van der Waals surface area (Å²) in [6, 6.07) is 12.2. The van der Waals surface area contributed by atoms with E-state index in [-0.39, 0.29) is 5.91 Å². The Morgan fingerprint density at radius 3 is 2.24 bits per heavy atom. The summed E-state index contributed by atoms with van der Waals surface area (Å²) in [5.41, 5.74) is 3.11. The number of amides is 1. The van der Waals surface area contributed by atoms with Gasteiger partial charge in [-0.25, -0.2) is 4.79 Å². The van der Waals surface area contributed by atoms with E-state index in [2.05, 4.69) is 5.32 Å². The van der Waals surface area contributed by atoms with Gasteiger partial charge in [-0.2, -0.15) is 0 Å². The Kier molecular flexibility index (Phi) is 4.38. The lowest BCUT2D eigenvalue weighted by Gasteiger charge is -2.08. The molecule has 4 nitrogen and oxygen atoms in total. The molecular weight excluding hydrogens is 266 g/mol. The third kappa shape index (κ3) is 3.92. The van der Waals surface area contributed by atoms with Crippen molar-refractivity contribution < 1.29 is 14.3 Å². The molecule has 0 bridgehead atoms. The van der Waals surface area contributed by atoms with Crippen LogP contribution >= 0.6 is 0 Å². The van der Waals surface area contributed by atoms with Gasteiger partial charge in [0.05, 0.1) is 5.56 Å². The maximum Gasteiger partial charge on any atom is 0.343 e. The van der Waals surface area contributed by atoms with Gasteiger partial charge in [0.25, 0.3) is 0 Å². The highest BCUT2D eigenvalue weighted by Crippen LogP contribution is 2.20. The van der Waals surface area contributed by atoms with Gasteiger partial charge in [-0.3, -0.25) is 4.79 Å². The van der Waals surface area contributed by atoms with Crippen molar-refractivity contribution in [2.45, 2.75) is 20.8 Å². The molecule has 0 atom stereocenters. The highest BCUT2D eigenvalue weighted by molar-refractivity contribution is 5.93. The van der Waals surface area contributed by atoms with Crippen LogP contribution in [0.5, 0.6) is 5.75 Å². The molecule has 0 aliphatic heterocycles. The fraction of sp³-hybridized carbons (Fsp3) is 0.176. The third-order valence-corrected chi connectivity index (χ3v) is 2.97. The van der Waals surface area contributed by atoms with Crippen LogP contribution in [0.15, 0.2) is 42.5 Å². The molecule has 0 aromatic heterocycles. The minimum Gasteiger partial charge on any atom is -0.423 e. The first-order valence-electron chi connectivity index (χ1n) is 6.63. The molecule has 0 heterocycles.